The van der Waals surface area contributed by atoms with Crippen molar-refractivity contribution in [3.8, 4) is 0 Å². The molecule has 96 valence electrons. The first-order valence-electron chi connectivity index (χ1n) is 6.38. The van der Waals surface area contributed by atoms with Crippen LogP contribution in [0.15, 0.2) is 0 Å². The number of aliphatic hydroxyl groups is 2. The Morgan fingerprint density at radius 2 is 2.31 bits per heavy atom. The van der Waals surface area contributed by atoms with Gasteiger partial charge in [0.2, 0.25) is 0 Å². The van der Waals surface area contributed by atoms with Crippen molar-refractivity contribution in [2.24, 2.45) is 0 Å². The van der Waals surface area contributed by atoms with Gasteiger partial charge >= 0.3 is 0 Å². The lowest BCUT2D eigenvalue weighted by molar-refractivity contribution is 0.00939. The van der Waals surface area contributed by atoms with Crippen LogP contribution in [-0.4, -0.2) is 60.2 Å². The fourth-order valence-corrected chi connectivity index (χ4v) is 2.13. The number of hydrogen-bond acceptors (Lipinski definition) is 4. The number of likely N-dealkylation sites (tertiary alicyclic amines) is 1. The summed E-state index contributed by atoms with van der Waals surface area (Å²) in [6.07, 6.45) is 3.91. The fraction of sp³-hybridized carbons (Fsp3) is 1.00. The number of rotatable bonds is 8. The molecule has 0 aromatic heterocycles. The van der Waals surface area contributed by atoms with Crippen LogP contribution in [0.2, 0.25) is 0 Å². The van der Waals surface area contributed by atoms with Crippen molar-refractivity contribution in [2.75, 3.05) is 32.9 Å². The standard InChI is InChI=1S/C12H25NO3/c1-2-3-7-16-10-12(15)8-13-6-4-5-11(13)9-14/h11-12,14-15H,2-10H2,1H3/t11-,12?/m0/s1. The Hall–Kier alpha value is -0.160. The number of nitrogens with zero attached hydrogens (tertiary/aromatic N) is 1. The van der Waals surface area contributed by atoms with Crippen LogP contribution in [0, 0.1) is 0 Å². The molecule has 2 atom stereocenters. The first kappa shape index (κ1) is 13.9. The lowest BCUT2D eigenvalue weighted by atomic mass is 10.2. The van der Waals surface area contributed by atoms with Crippen molar-refractivity contribution in [2.45, 2.75) is 44.8 Å². The second-order valence-corrected chi connectivity index (χ2v) is 4.56. The molecule has 16 heavy (non-hydrogen) atoms. The van der Waals surface area contributed by atoms with Crippen LogP contribution in [0.1, 0.15) is 32.6 Å². The topological polar surface area (TPSA) is 52.9 Å². The summed E-state index contributed by atoms with van der Waals surface area (Å²) in [7, 11) is 0. The third kappa shape index (κ3) is 4.78. The van der Waals surface area contributed by atoms with E-state index in [1.54, 1.807) is 0 Å². The van der Waals surface area contributed by atoms with Gasteiger partial charge < -0.3 is 14.9 Å². The van der Waals surface area contributed by atoms with E-state index in [1.165, 1.54) is 0 Å². The van der Waals surface area contributed by atoms with Crippen molar-refractivity contribution in [1.82, 2.24) is 4.90 Å². The van der Waals surface area contributed by atoms with E-state index in [1.807, 2.05) is 0 Å². The molecule has 1 aliphatic heterocycles. The summed E-state index contributed by atoms with van der Waals surface area (Å²) < 4.78 is 5.38. The molecule has 4 nitrogen and oxygen atoms in total. The fourth-order valence-electron chi connectivity index (χ4n) is 2.13. The Balaban J connectivity index is 2.10. The molecule has 0 saturated carbocycles. The van der Waals surface area contributed by atoms with E-state index in [4.69, 9.17) is 9.84 Å². The molecule has 0 radical (unpaired) electrons. The largest absolute Gasteiger partial charge is 0.395 e. The molecule has 4 heteroatoms. The Morgan fingerprint density at radius 3 is 3.00 bits per heavy atom. The van der Waals surface area contributed by atoms with Crippen molar-refractivity contribution in [3.05, 3.63) is 0 Å². The van der Waals surface area contributed by atoms with E-state index in [-0.39, 0.29) is 12.6 Å². The molecule has 0 aliphatic carbocycles. The molecule has 2 N–H and O–H groups in total. The first-order valence-corrected chi connectivity index (χ1v) is 6.38. The van der Waals surface area contributed by atoms with E-state index in [0.717, 1.165) is 38.8 Å². The molecule has 1 saturated heterocycles. The highest BCUT2D eigenvalue weighted by molar-refractivity contribution is 4.80. The van der Waals surface area contributed by atoms with E-state index in [0.29, 0.717) is 13.2 Å². The maximum atomic E-state index is 9.77. The van der Waals surface area contributed by atoms with Crippen molar-refractivity contribution >= 4 is 0 Å². The zero-order valence-corrected chi connectivity index (χ0v) is 10.3. The Kier molecular flexibility index (Phi) is 6.96. The lowest BCUT2D eigenvalue weighted by Crippen LogP contribution is -2.39. The first-order chi connectivity index (χ1) is 7.77. The molecule has 1 aliphatic rings. The second kappa shape index (κ2) is 8.01. The third-order valence-electron chi connectivity index (χ3n) is 3.11. The van der Waals surface area contributed by atoms with Gasteiger partial charge in [0.25, 0.3) is 0 Å². The van der Waals surface area contributed by atoms with E-state index >= 15 is 0 Å². The van der Waals surface area contributed by atoms with Gasteiger partial charge in [0.15, 0.2) is 0 Å². The number of ether oxygens (including phenoxy) is 1. The van der Waals surface area contributed by atoms with Gasteiger partial charge in [-0.25, -0.2) is 0 Å². The van der Waals surface area contributed by atoms with Crippen LogP contribution in [0.3, 0.4) is 0 Å². The van der Waals surface area contributed by atoms with Gasteiger partial charge in [0.1, 0.15) is 0 Å². The summed E-state index contributed by atoms with van der Waals surface area (Å²) in [4.78, 5) is 2.16. The Bertz CT molecular complexity index is 178. The summed E-state index contributed by atoms with van der Waals surface area (Å²) >= 11 is 0. The third-order valence-corrected chi connectivity index (χ3v) is 3.11. The minimum atomic E-state index is -0.427. The maximum Gasteiger partial charge on any atom is 0.0900 e. The molecular formula is C12H25NO3. The molecule has 1 rings (SSSR count). The van der Waals surface area contributed by atoms with Crippen LogP contribution >= 0.6 is 0 Å². The smallest absolute Gasteiger partial charge is 0.0900 e. The van der Waals surface area contributed by atoms with Gasteiger partial charge in [0.05, 0.1) is 19.3 Å². The predicted molar refractivity (Wildman–Crippen MR) is 63.4 cm³/mol. The van der Waals surface area contributed by atoms with Crippen molar-refractivity contribution in [3.63, 3.8) is 0 Å². The Labute approximate surface area is 98.2 Å². The summed E-state index contributed by atoms with van der Waals surface area (Å²) in [6, 6.07) is 0.241. The zero-order chi connectivity index (χ0) is 11.8. The lowest BCUT2D eigenvalue weighted by Gasteiger charge is -2.25. The van der Waals surface area contributed by atoms with E-state index < -0.39 is 6.10 Å². The molecule has 0 aromatic carbocycles. The number of unbranched alkanes of at least 4 members (excludes halogenated alkanes) is 1. The summed E-state index contributed by atoms with van der Waals surface area (Å²) in [5, 5.41) is 18.9. The normalized spacial score (nSPS) is 23.8. The monoisotopic (exact) mass is 231 g/mol. The van der Waals surface area contributed by atoms with Crippen molar-refractivity contribution in [1.29, 1.82) is 0 Å². The quantitative estimate of drug-likeness (QED) is 0.601. The van der Waals surface area contributed by atoms with Gasteiger partial charge in [-0.2, -0.15) is 0 Å². The summed E-state index contributed by atoms with van der Waals surface area (Å²) in [5.74, 6) is 0. The van der Waals surface area contributed by atoms with Crippen LogP contribution in [-0.2, 0) is 4.74 Å². The highest BCUT2D eigenvalue weighted by Crippen LogP contribution is 2.16. The van der Waals surface area contributed by atoms with Crippen molar-refractivity contribution < 1.29 is 14.9 Å². The van der Waals surface area contributed by atoms with Crippen LogP contribution in [0.5, 0.6) is 0 Å². The van der Waals surface area contributed by atoms with Crippen LogP contribution in [0.4, 0.5) is 0 Å². The Morgan fingerprint density at radius 1 is 1.50 bits per heavy atom. The average Bonchev–Trinajstić information content (AvgIpc) is 2.71. The molecule has 0 spiro atoms. The maximum absolute atomic E-state index is 9.77. The molecule has 1 fully saturated rings. The highest BCUT2D eigenvalue weighted by atomic mass is 16.5. The molecule has 0 bridgehead atoms. The van der Waals surface area contributed by atoms with Crippen LogP contribution in [0.25, 0.3) is 0 Å². The number of β-amino-alcohol motifs (C(OH)–C–C–N with tert-alkyl or cyclic N) is 1. The molecule has 0 aromatic rings. The van der Waals surface area contributed by atoms with Gasteiger partial charge in [-0.1, -0.05) is 13.3 Å². The zero-order valence-electron chi connectivity index (χ0n) is 10.3. The minimum Gasteiger partial charge on any atom is -0.395 e. The minimum absolute atomic E-state index is 0.198. The summed E-state index contributed by atoms with van der Waals surface area (Å²) in [6.45, 7) is 5.07. The molecule has 1 unspecified atom stereocenters. The SMILES string of the molecule is CCCCOCC(O)CN1CCC[C@H]1CO. The average molecular weight is 231 g/mol. The number of hydrogen-bond donors (Lipinski definition) is 2. The van der Waals surface area contributed by atoms with Gasteiger partial charge in [0, 0.05) is 19.2 Å². The molecule has 0 amide bonds. The molecule has 1 heterocycles. The predicted octanol–water partition coefficient (Wildman–Crippen LogP) is 0.621. The second-order valence-electron chi connectivity index (χ2n) is 4.56. The van der Waals surface area contributed by atoms with Gasteiger partial charge in [-0.3, -0.25) is 4.90 Å². The summed E-state index contributed by atoms with van der Waals surface area (Å²) in [5.41, 5.74) is 0. The van der Waals surface area contributed by atoms with E-state index in [9.17, 15) is 5.11 Å². The number of aliphatic hydroxyl groups excluding tert-OH is 2. The van der Waals surface area contributed by atoms with Crippen LogP contribution < -0.4 is 0 Å². The molecular weight excluding hydrogens is 206 g/mol. The van der Waals surface area contributed by atoms with E-state index in [2.05, 4.69) is 11.8 Å². The van der Waals surface area contributed by atoms with Gasteiger partial charge in [-0.15, -0.1) is 0 Å². The van der Waals surface area contributed by atoms with Gasteiger partial charge in [-0.05, 0) is 25.8 Å². The highest BCUT2D eigenvalue weighted by Gasteiger charge is 2.25.